The lowest BCUT2D eigenvalue weighted by Gasteiger charge is -2.07. The Balaban J connectivity index is 2.60. The van der Waals surface area contributed by atoms with Gasteiger partial charge in [-0.25, -0.2) is 4.79 Å². The van der Waals surface area contributed by atoms with Crippen molar-refractivity contribution in [2.24, 2.45) is 5.73 Å². The Morgan fingerprint density at radius 2 is 2.29 bits per heavy atom. The third-order valence-corrected chi connectivity index (χ3v) is 3.09. The van der Waals surface area contributed by atoms with Crippen LogP contribution in [0.1, 0.15) is 22.3 Å². The molecule has 4 nitrogen and oxygen atoms in total. The van der Waals surface area contributed by atoms with Gasteiger partial charge in [0.2, 0.25) is 0 Å². The van der Waals surface area contributed by atoms with Crippen molar-refractivity contribution in [3.05, 3.63) is 33.8 Å². The van der Waals surface area contributed by atoms with E-state index in [1.807, 2.05) is 6.07 Å². The quantitative estimate of drug-likeness (QED) is 0.620. The molecule has 0 atom stereocenters. The van der Waals surface area contributed by atoms with Crippen molar-refractivity contribution in [1.82, 2.24) is 5.32 Å². The van der Waals surface area contributed by atoms with Crippen molar-refractivity contribution in [3.63, 3.8) is 0 Å². The molecular formula is C12H17BrN2O2. The molecule has 0 aliphatic carbocycles. The fourth-order valence-electron chi connectivity index (χ4n) is 1.39. The van der Waals surface area contributed by atoms with Crippen molar-refractivity contribution in [3.8, 4) is 0 Å². The van der Waals surface area contributed by atoms with Crippen LogP contribution < -0.4 is 11.1 Å². The molecule has 0 saturated carbocycles. The number of hydrogen-bond donors (Lipinski definition) is 2. The van der Waals surface area contributed by atoms with Gasteiger partial charge in [0.25, 0.3) is 0 Å². The minimum Gasteiger partial charge on any atom is -0.465 e. The van der Waals surface area contributed by atoms with Crippen LogP contribution in [0.5, 0.6) is 0 Å². The average molecular weight is 301 g/mol. The number of carbonyl (C=O) groups is 1. The number of halogens is 1. The predicted molar refractivity (Wildman–Crippen MR) is 70.9 cm³/mol. The fraction of sp³-hybridized carbons (Fsp3) is 0.417. The summed E-state index contributed by atoms with van der Waals surface area (Å²) in [6.45, 7) is 2.33. The number of nitrogens with two attached hydrogens (primary N) is 1. The monoisotopic (exact) mass is 300 g/mol. The minimum absolute atomic E-state index is 0.326. The maximum atomic E-state index is 11.3. The summed E-state index contributed by atoms with van der Waals surface area (Å²) in [6, 6.07) is 5.44. The Bertz CT molecular complexity index is 383. The van der Waals surface area contributed by atoms with E-state index >= 15 is 0 Å². The van der Waals surface area contributed by atoms with Gasteiger partial charge >= 0.3 is 5.97 Å². The van der Waals surface area contributed by atoms with Gasteiger partial charge in [-0.2, -0.15) is 0 Å². The Morgan fingerprint density at radius 3 is 2.88 bits per heavy atom. The van der Waals surface area contributed by atoms with Crippen molar-refractivity contribution in [2.75, 3.05) is 20.2 Å². The highest BCUT2D eigenvalue weighted by Crippen LogP contribution is 2.19. The number of methoxy groups -OCH3 is 1. The zero-order valence-electron chi connectivity index (χ0n) is 9.83. The van der Waals surface area contributed by atoms with Gasteiger partial charge < -0.3 is 15.8 Å². The van der Waals surface area contributed by atoms with E-state index in [0.717, 1.165) is 29.5 Å². The van der Waals surface area contributed by atoms with Gasteiger partial charge in [-0.1, -0.05) is 22.0 Å². The molecule has 0 fully saturated rings. The number of carbonyl (C=O) groups excluding carboxylic acids is 1. The zero-order chi connectivity index (χ0) is 12.7. The molecule has 5 heteroatoms. The van der Waals surface area contributed by atoms with Crippen LogP contribution in [0.25, 0.3) is 0 Å². The van der Waals surface area contributed by atoms with Crippen LogP contribution in [0.2, 0.25) is 0 Å². The number of nitrogens with one attached hydrogen (secondary N) is 1. The maximum absolute atomic E-state index is 11.3. The SMILES string of the molecule is COC(=O)c1ccc(CNCCCN)c(Br)c1. The van der Waals surface area contributed by atoms with E-state index < -0.39 is 0 Å². The van der Waals surface area contributed by atoms with Gasteiger partial charge in [0.05, 0.1) is 12.7 Å². The molecule has 0 unspecified atom stereocenters. The largest absolute Gasteiger partial charge is 0.465 e. The summed E-state index contributed by atoms with van der Waals surface area (Å²) in [5, 5.41) is 3.28. The second-order valence-corrected chi connectivity index (χ2v) is 4.47. The summed E-state index contributed by atoms with van der Waals surface area (Å²) in [7, 11) is 1.37. The van der Waals surface area contributed by atoms with E-state index in [9.17, 15) is 4.79 Å². The Hall–Kier alpha value is -0.910. The lowest BCUT2D eigenvalue weighted by Crippen LogP contribution is -2.18. The van der Waals surface area contributed by atoms with Crippen LogP contribution in [0.15, 0.2) is 22.7 Å². The first-order valence-electron chi connectivity index (χ1n) is 5.46. The first-order valence-corrected chi connectivity index (χ1v) is 6.26. The van der Waals surface area contributed by atoms with Crippen LogP contribution in [-0.4, -0.2) is 26.2 Å². The highest BCUT2D eigenvalue weighted by Gasteiger charge is 2.07. The molecule has 0 saturated heterocycles. The van der Waals surface area contributed by atoms with E-state index in [4.69, 9.17) is 5.73 Å². The number of hydrogen-bond acceptors (Lipinski definition) is 4. The molecule has 17 heavy (non-hydrogen) atoms. The lowest BCUT2D eigenvalue weighted by atomic mass is 10.1. The Kier molecular flexibility index (Phi) is 6.18. The molecule has 3 N–H and O–H groups in total. The third kappa shape index (κ3) is 4.46. The van der Waals surface area contributed by atoms with Gasteiger partial charge in [0.1, 0.15) is 0 Å². The molecule has 0 heterocycles. The molecule has 94 valence electrons. The van der Waals surface area contributed by atoms with Gasteiger partial charge in [0, 0.05) is 11.0 Å². The standard InChI is InChI=1S/C12H17BrN2O2/c1-17-12(16)9-3-4-10(11(13)7-9)8-15-6-2-5-14/h3-4,7,15H,2,5-6,8,14H2,1H3. The molecule has 1 rings (SSSR count). The predicted octanol–water partition coefficient (Wildman–Crippen LogP) is 1.67. The Labute approximate surface area is 110 Å². The number of benzene rings is 1. The summed E-state index contributed by atoms with van der Waals surface area (Å²) >= 11 is 3.44. The van der Waals surface area contributed by atoms with E-state index in [2.05, 4.69) is 26.0 Å². The average Bonchev–Trinajstić information content (AvgIpc) is 2.35. The van der Waals surface area contributed by atoms with Gasteiger partial charge in [0.15, 0.2) is 0 Å². The van der Waals surface area contributed by atoms with Gasteiger partial charge in [-0.15, -0.1) is 0 Å². The summed E-state index contributed by atoms with van der Waals surface area (Å²) in [6.07, 6.45) is 0.956. The highest BCUT2D eigenvalue weighted by atomic mass is 79.9. The first-order chi connectivity index (χ1) is 8.19. The normalized spacial score (nSPS) is 10.3. The summed E-state index contributed by atoms with van der Waals surface area (Å²) in [5.41, 5.74) is 7.06. The highest BCUT2D eigenvalue weighted by molar-refractivity contribution is 9.10. The molecule has 0 aliphatic rings. The summed E-state index contributed by atoms with van der Waals surface area (Å²) in [4.78, 5) is 11.3. The van der Waals surface area contributed by atoms with Crippen molar-refractivity contribution < 1.29 is 9.53 Å². The fourth-order valence-corrected chi connectivity index (χ4v) is 1.90. The van der Waals surface area contributed by atoms with Crippen LogP contribution >= 0.6 is 15.9 Å². The summed E-state index contributed by atoms with van der Waals surface area (Å²) < 4.78 is 5.56. The second-order valence-electron chi connectivity index (χ2n) is 3.62. The maximum Gasteiger partial charge on any atom is 0.337 e. The second kappa shape index (κ2) is 7.42. The molecule has 0 bridgehead atoms. The molecule has 0 aliphatic heterocycles. The smallest absolute Gasteiger partial charge is 0.337 e. The molecule has 0 aromatic heterocycles. The molecule has 1 aromatic rings. The number of esters is 1. The van der Waals surface area contributed by atoms with Gasteiger partial charge in [-0.05, 0) is 37.2 Å². The van der Waals surface area contributed by atoms with Crippen molar-refractivity contribution in [1.29, 1.82) is 0 Å². The van der Waals surface area contributed by atoms with Crippen LogP contribution in [0.3, 0.4) is 0 Å². The van der Waals surface area contributed by atoms with Gasteiger partial charge in [-0.3, -0.25) is 0 Å². The van der Waals surface area contributed by atoms with E-state index in [1.165, 1.54) is 7.11 Å². The zero-order valence-corrected chi connectivity index (χ0v) is 11.4. The van der Waals surface area contributed by atoms with E-state index in [1.54, 1.807) is 12.1 Å². The van der Waals surface area contributed by atoms with Crippen molar-refractivity contribution in [2.45, 2.75) is 13.0 Å². The molecular weight excluding hydrogens is 284 g/mol. The van der Waals surface area contributed by atoms with E-state index in [-0.39, 0.29) is 5.97 Å². The molecule has 0 spiro atoms. The van der Waals surface area contributed by atoms with Crippen LogP contribution in [0, 0.1) is 0 Å². The summed E-state index contributed by atoms with van der Waals surface area (Å²) in [5.74, 6) is -0.326. The lowest BCUT2D eigenvalue weighted by molar-refractivity contribution is 0.0600. The van der Waals surface area contributed by atoms with Crippen molar-refractivity contribution >= 4 is 21.9 Å². The topological polar surface area (TPSA) is 64.3 Å². The van der Waals surface area contributed by atoms with Crippen LogP contribution in [-0.2, 0) is 11.3 Å². The third-order valence-electron chi connectivity index (χ3n) is 2.35. The first kappa shape index (κ1) is 14.2. The molecule has 0 radical (unpaired) electrons. The van der Waals surface area contributed by atoms with E-state index in [0.29, 0.717) is 12.1 Å². The van der Waals surface area contributed by atoms with Crippen LogP contribution in [0.4, 0.5) is 0 Å². The molecule has 0 amide bonds. The minimum atomic E-state index is -0.326. The Morgan fingerprint density at radius 1 is 1.53 bits per heavy atom. The number of rotatable bonds is 6. The number of ether oxygens (including phenoxy) is 1. The molecule has 1 aromatic carbocycles.